The van der Waals surface area contributed by atoms with Gasteiger partial charge in [0.1, 0.15) is 12.9 Å². The Balaban J connectivity index is 2.42. The van der Waals surface area contributed by atoms with Gasteiger partial charge >= 0.3 is 0 Å². The lowest BCUT2D eigenvalue weighted by Gasteiger charge is -2.05. The minimum Gasteiger partial charge on any atom is -0.399 e. The van der Waals surface area contributed by atoms with Gasteiger partial charge in [0.15, 0.2) is 0 Å². The molecule has 0 radical (unpaired) electrons. The molecule has 0 aliphatic rings. The third-order valence-corrected chi connectivity index (χ3v) is 2.70. The molecule has 2 rings (SSSR count). The number of halogens is 1. The van der Waals surface area contributed by atoms with Crippen LogP contribution < -0.4 is 0 Å². The summed E-state index contributed by atoms with van der Waals surface area (Å²) in [5.74, 6) is -0.263. The smallest absolute Gasteiger partial charge is 0.123 e. The first-order valence-corrected chi connectivity index (χ1v) is 5.52. The fourth-order valence-corrected chi connectivity index (χ4v) is 1.79. The molecule has 0 saturated heterocycles. The number of aromatic nitrogens is 2. The summed E-state index contributed by atoms with van der Waals surface area (Å²) >= 11 is 0. The van der Waals surface area contributed by atoms with Gasteiger partial charge in [-0.3, -0.25) is 0 Å². The Kier molecular flexibility index (Phi) is 3.41. The maximum Gasteiger partial charge on any atom is 0.123 e. The molecule has 0 aliphatic heterocycles. The zero-order valence-electron chi connectivity index (χ0n) is 10.5. The van der Waals surface area contributed by atoms with E-state index < -0.39 is 0 Å². The second kappa shape index (κ2) is 5.00. The molecule has 0 fully saturated rings. The molecule has 0 aliphatic carbocycles. The van der Waals surface area contributed by atoms with E-state index in [1.165, 1.54) is 19.2 Å². The molecule has 18 heavy (non-hydrogen) atoms. The van der Waals surface area contributed by atoms with Crippen LogP contribution in [0.25, 0.3) is 5.69 Å². The van der Waals surface area contributed by atoms with Gasteiger partial charge in [-0.25, -0.2) is 9.07 Å². The summed E-state index contributed by atoms with van der Waals surface area (Å²) in [6.07, 6.45) is 1.72. The predicted molar refractivity (Wildman–Crippen MR) is 67.5 cm³/mol. The normalized spacial score (nSPS) is 11.7. The summed E-state index contributed by atoms with van der Waals surface area (Å²) in [6.45, 7) is 3.78. The molecule has 0 spiro atoms. The van der Waals surface area contributed by atoms with E-state index in [9.17, 15) is 4.39 Å². The lowest BCUT2D eigenvalue weighted by molar-refractivity contribution is 0.213. The van der Waals surface area contributed by atoms with Gasteiger partial charge < -0.3 is 4.84 Å². The zero-order chi connectivity index (χ0) is 13.1. The van der Waals surface area contributed by atoms with Crippen molar-refractivity contribution < 1.29 is 9.23 Å². The van der Waals surface area contributed by atoms with Crippen LogP contribution in [0.1, 0.15) is 18.2 Å². The van der Waals surface area contributed by atoms with Crippen molar-refractivity contribution in [1.29, 1.82) is 0 Å². The molecule has 1 heterocycles. The summed E-state index contributed by atoms with van der Waals surface area (Å²) in [6, 6.07) is 6.18. The van der Waals surface area contributed by atoms with E-state index in [4.69, 9.17) is 4.84 Å². The van der Waals surface area contributed by atoms with Gasteiger partial charge in [0, 0.05) is 5.56 Å². The van der Waals surface area contributed by atoms with E-state index in [2.05, 4.69) is 10.3 Å². The molecule has 0 amide bonds. The lowest BCUT2D eigenvalue weighted by Crippen LogP contribution is -2.02. The lowest BCUT2D eigenvalue weighted by atomic mass is 10.2. The fraction of sp³-hybridized carbons (Fsp3) is 0.231. The molecule has 0 atom stereocenters. The average molecular weight is 247 g/mol. The van der Waals surface area contributed by atoms with E-state index in [-0.39, 0.29) is 5.82 Å². The summed E-state index contributed by atoms with van der Waals surface area (Å²) in [4.78, 5) is 4.75. The van der Waals surface area contributed by atoms with Crippen LogP contribution in [0, 0.1) is 12.7 Å². The van der Waals surface area contributed by atoms with Crippen LogP contribution >= 0.6 is 0 Å². The summed E-state index contributed by atoms with van der Waals surface area (Å²) in [5.41, 5.74) is 3.40. The summed E-state index contributed by atoms with van der Waals surface area (Å²) < 4.78 is 14.6. The molecule has 4 nitrogen and oxygen atoms in total. The Morgan fingerprint density at radius 1 is 1.33 bits per heavy atom. The first kappa shape index (κ1) is 12.3. The molecule has 0 saturated carbocycles. The highest BCUT2D eigenvalue weighted by Crippen LogP contribution is 2.15. The second-order valence-electron chi connectivity index (χ2n) is 3.89. The predicted octanol–water partition coefficient (Wildman–Crippen LogP) is 2.69. The van der Waals surface area contributed by atoms with Gasteiger partial charge in [-0.1, -0.05) is 5.16 Å². The van der Waals surface area contributed by atoms with Crippen LogP contribution in [0.3, 0.4) is 0 Å². The Morgan fingerprint density at radius 3 is 2.61 bits per heavy atom. The summed E-state index contributed by atoms with van der Waals surface area (Å²) in [5, 5.41) is 8.16. The van der Waals surface area contributed by atoms with E-state index in [1.54, 1.807) is 23.0 Å². The molecule has 0 bridgehead atoms. The van der Waals surface area contributed by atoms with Crippen molar-refractivity contribution in [1.82, 2.24) is 9.78 Å². The molecular formula is C13H14FN3O. The van der Waals surface area contributed by atoms with Crippen molar-refractivity contribution in [3.8, 4) is 5.69 Å². The number of hydrogen-bond acceptors (Lipinski definition) is 3. The number of hydrogen-bond donors (Lipinski definition) is 0. The highest BCUT2D eigenvalue weighted by Gasteiger charge is 2.10. The topological polar surface area (TPSA) is 39.4 Å². The Morgan fingerprint density at radius 2 is 2.00 bits per heavy atom. The van der Waals surface area contributed by atoms with Crippen molar-refractivity contribution in [2.24, 2.45) is 5.16 Å². The van der Waals surface area contributed by atoms with Crippen LogP contribution in [0.4, 0.5) is 4.39 Å². The van der Waals surface area contributed by atoms with Gasteiger partial charge in [-0.15, -0.1) is 0 Å². The molecule has 5 heteroatoms. The highest BCUT2D eigenvalue weighted by atomic mass is 19.1. The van der Waals surface area contributed by atoms with Crippen LogP contribution in [0.5, 0.6) is 0 Å². The molecule has 0 N–H and O–H groups in total. The van der Waals surface area contributed by atoms with Crippen molar-refractivity contribution >= 4 is 5.71 Å². The first-order chi connectivity index (χ1) is 8.63. The SMILES string of the molecule is CO/N=C(\C)c1cnn(-c2ccc(F)cc2)c1C. The molecule has 0 unspecified atom stereocenters. The maximum absolute atomic E-state index is 12.9. The van der Waals surface area contributed by atoms with Gasteiger partial charge in [-0.05, 0) is 38.1 Å². The number of oxime groups is 1. The van der Waals surface area contributed by atoms with Crippen molar-refractivity contribution in [2.75, 3.05) is 7.11 Å². The Labute approximate surface area is 105 Å². The van der Waals surface area contributed by atoms with Crippen LogP contribution in [0.2, 0.25) is 0 Å². The van der Waals surface area contributed by atoms with Crippen LogP contribution in [-0.2, 0) is 4.84 Å². The van der Waals surface area contributed by atoms with Crippen molar-refractivity contribution in [2.45, 2.75) is 13.8 Å². The fourth-order valence-electron chi connectivity index (χ4n) is 1.79. The maximum atomic E-state index is 12.9. The minimum absolute atomic E-state index is 0.263. The van der Waals surface area contributed by atoms with Crippen LogP contribution in [0.15, 0.2) is 35.6 Å². The molecule has 94 valence electrons. The molecule has 1 aromatic carbocycles. The molecule has 1 aromatic heterocycles. The number of benzene rings is 1. The number of nitrogens with zero attached hydrogens (tertiary/aromatic N) is 3. The van der Waals surface area contributed by atoms with E-state index >= 15 is 0 Å². The third kappa shape index (κ3) is 2.25. The van der Waals surface area contributed by atoms with Crippen molar-refractivity contribution in [3.05, 3.63) is 47.5 Å². The average Bonchev–Trinajstić information content (AvgIpc) is 2.73. The third-order valence-electron chi connectivity index (χ3n) is 2.70. The number of rotatable bonds is 3. The first-order valence-electron chi connectivity index (χ1n) is 5.52. The van der Waals surface area contributed by atoms with Gasteiger partial charge in [0.25, 0.3) is 0 Å². The summed E-state index contributed by atoms with van der Waals surface area (Å²) in [7, 11) is 1.50. The molecule has 2 aromatic rings. The van der Waals surface area contributed by atoms with Gasteiger partial charge in [0.05, 0.1) is 23.3 Å². The van der Waals surface area contributed by atoms with Gasteiger partial charge in [0.2, 0.25) is 0 Å². The minimum atomic E-state index is -0.263. The largest absolute Gasteiger partial charge is 0.399 e. The van der Waals surface area contributed by atoms with E-state index in [1.807, 2.05) is 13.8 Å². The van der Waals surface area contributed by atoms with Crippen LogP contribution in [-0.4, -0.2) is 22.6 Å². The monoisotopic (exact) mass is 247 g/mol. The van der Waals surface area contributed by atoms with Gasteiger partial charge in [-0.2, -0.15) is 5.10 Å². The second-order valence-corrected chi connectivity index (χ2v) is 3.89. The Bertz CT molecular complexity index is 572. The zero-order valence-corrected chi connectivity index (χ0v) is 10.5. The highest BCUT2D eigenvalue weighted by molar-refractivity contribution is 5.99. The molecular weight excluding hydrogens is 233 g/mol. The van der Waals surface area contributed by atoms with E-state index in [0.29, 0.717) is 0 Å². The Hall–Kier alpha value is -2.17. The van der Waals surface area contributed by atoms with E-state index in [0.717, 1.165) is 22.7 Å². The standard InChI is InChI=1S/C13H14FN3O/c1-9(16-18-3)13-8-15-17(10(13)2)12-6-4-11(14)5-7-12/h4-8H,1-3H3/b16-9+. The quantitative estimate of drug-likeness (QED) is 0.618. The van der Waals surface area contributed by atoms with Crippen molar-refractivity contribution in [3.63, 3.8) is 0 Å².